The molecule has 1 unspecified atom stereocenters. The number of hydrogen-bond acceptors (Lipinski definition) is 3. The van der Waals surface area contributed by atoms with E-state index in [4.69, 9.17) is 9.47 Å². The summed E-state index contributed by atoms with van der Waals surface area (Å²) in [4.78, 5) is 4.24. The maximum Gasteiger partial charge on any atom is 0.191 e. The summed E-state index contributed by atoms with van der Waals surface area (Å²) >= 11 is 0. The van der Waals surface area contributed by atoms with Gasteiger partial charge in [-0.1, -0.05) is 24.3 Å². The molecule has 1 fully saturated rings. The minimum atomic E-state index is -0.251. The summed E-state index contributed by atoms with van der Waals surface area (Å²) in [6.07, 6.45) is 2.51. The summed E-state index contributed by atoms with van der Waals surface area (Å²) in [5.74, 6) is 1.26. The molecule has 0 amide bonds. The van der Waals surface area contributed by atoms with E-state index >= 15 is 0 Å². The van der Waals surface area contributed by atoms with Crippen molar-refractivity contribution in [2.24, 2.45) is 4.99 Å². The van der Waals surface area contributed by atoms with E-state index in [2.05, 4.69) is 15.6 Å². The molecule has 1 atom stereocenters. The number of guanidine groups is 1. The third kappa shape index (κ3) is 7.27. The van der Waals surface area contributed by atoms with Crippen molar-refractivity contribution < 1.29 is 13.9 Å². The molecule has 0 bridgehead atoms. The zero-order valence-electron chi connectivity index (χ0n) is 16.0. The van der Waals surface area contributed by atoms with Gasteiger partial charge in [-0.25, -0.2) is 4.39 Å². The molecule has 2 N–H and O–H groups in total. The van der Waals surface area contributed by atoms with Gasteiger partial charge in [-0.05, 0) is 48.2 Å². The molecular formula is C21H27FIN3O2. The number of ether oxygens (including phenoxy) is 2. The van der Waals surface area contributed by atoms with Crippen LogP contribution in [0.4, 0.5) is 4.39 Å². The van der Waals surface area contributed by atoms with Crippen LogP contribution in [0.15, 0.2) is 53.5 Å². The molecule has 2 aromatic rings. The smallest absolute Gasteiger partial charge is 0.191 e. The molecule has 0 aliphatic carbocycles. The van der Waals surface area contributed by atoms with E-state index in [1.54, 1.807) is 13.1 Å². The van der Waals surface area contributed by atoms with E-state index in [0.29, 0.717) is 13.2 Å². The molecule has 1 saturated heterocycles. The molecule has 2 aromatic carbocycles. The highest BCUT2D eigenvalue weighted by atomic mass is 127. The van der Waals surface area contributed by atoms with Crippen LogP contribution in [0.5, 0.6) is 5.75 Å². The normalized spacial score (nSPS) is 16.4. The van der Waals surface area contributed by atoms with Gasteiger partial charge in [0.25, 0.3) is 0 Å². The van der Waals surface area contributed by atoms with Crippen LogP contribution in [0.3, 0.4) is 0 Å². The number of rotatable bonds is 7. The first-order valence-electron chi connectivity index (χ1n) is 9.25. The summed E-state index contributed by atoms with van der Waals surface area (Å²) in [5.41, 5.74) is 1.93. The van der Waals surface area contributed by atoms with Gasteiger partial charge in [0.15, 0.2) is 5.96 Å². The van der Waals surface area contributed by atoms with Crippen molar-refractivity contribution in [2.75, 3.05) is 20.2 Å². The first kappa shape index (κ1) is 22.4. The molecule has 1 heterocycles. The molecule has 0 aromatic heterocycles. The second-order valence-corrected chi connectivity index (χ2v) is 6.50. The van der Waals surface area contributed by atoms with Gasteiger partial charge in [0.2, 0.25) is 0 Å². The highest BCUT2D eigenvalue weighted by Crippen LogP contribution is 2.15. The number of nitrogens with one attached hydrogen (secondary N) is 2. The Balaban J connectivity index is 0.00000280. The van der Waals surface area contributed by atoms with Gasteiger partial charge in [0.1, 0.15) is 18.2 Å². The van der Waals surface area contributed by atoms with Crippen LogP contribution >= 0.6 is 24.0 Å². The summed E-state index contributed by atoms with van der Waals surface area (Å²) in [6.45, 7) is 2.63. The average Bonchev–Trinajstić information content (AvgIpc) is 3.21. The predicted octanol–water partition coefficient (Wildman–Crippen LogP) is 3.87. The van der Waals surface area contributed by atoms with Crippen LogP contribution in [-0.4, -0.2) is 32.3 Å². The van der Waals surface area contributed by atoms with Gasteiger partial charge in [-0.2, -0.15) is 0 Å². The molecule has 5 nitrogen and oxygen atoms in total. The SMILES string of the molecule is CN=C(NCc1ccc(OCc2cccc(F)c2)cc1)NCC1CCCO1.I. The fourth-order valence-corrected chi connectivity index (χ4v) is 2.92. The van der Waals surface area contributed by atoms with Crippen LogP contribution in [0, 0.1) is 5.82 Å². The first-order chi connectivity index (χ1) is 13.2. The minimum absolute atomic E-state index is 0. The molecular weight excluding hydrogens is 472 g/mol. The molecule has 0 spiro atoms. The van der Waals surface area contributed by atoms with E-state index in [1.807, 2.05) is 30.3 Å². The Morgan fingerprint density at radius 2 is 2.00 bits per heavy atom. The third-order valence-corrected chi connectivity index (χ3v) is 4.42. The van der Waals surface area contributed by atoms with Crippen LogP contribution in [-0.2, 0) is 17.9 Å². The largest absolute Gasteiger partial charge is 0.489 e. The van der Waals surface area contributed by atoms with Crippen molar-refractivity contribution in [3.8, 4) is 5.75 Å². The van der Waals surface area contributed by atoms with Crippen LogP contribution < -0.4 is 15.4 Å². The van der Waals surface area contributed by atoms with Crippen LogP contribution in [0.2, 0.25) is 0 Å². The van der Waals surface area contributed by atoms with E-state index in [0.717, 1.165) is 48.8 Å². The van der Waals surface area contributed by atoms with E-state index in [-0.39, 0.29) is 35.9 Å². The van der Waals surface area contributed by atoms with Gasteiger partial charge < -0.3 is 20.1 Å². The third-order valence-electron chi connectivity index (χ3n) is 4.42. The highest BCUT2D eigenvalue weighted by Gasteiger charge is 2.15. The van der Waals surface area contributed by atoms with Crippen LogP contribution in [0.25, 0.3) is 0 Å². The lowest BCUT2D eigenvalue weighted by Crippen LogP contribution is -2.40. The maximum absolute atomic E-state index is 13.2. The molecule has 152 valence electrons. The Hall–Kier alpha value is -1.87. The molecule has 28 heavy (non-hydrogen) atoms. The Kier molecular flexibility index (Phi) is 9.49. The van der Waals surface area contributed by atoms with Crippen molar-refractivity contribution in [3.63, 3.8) is 0 Å². The van der Waals surface area contributed by atoms with Crippen molar-refractivity contribution in [3.05, 3.63) is 65.5 Å². The topological polar surface area (TPSA) is 54.9 Å². The van der Waals surface area contributed by atoms with E-state index < -0.39 is 0 Å². The number of aliphatic imine (C=N–C) groups is 1. The number of hydrogen-bond donors (Lipinski definition) is 2. The van der Waals surface area contributed by atoms with Crippen LogP contribution in [0.1, 0.15) is 24.0 Å². The Morgan fingerprint density at radius 1 is 1.18 bits per heavy atom. The second kappa shape index (κ2) is 11.9. The van der Waals surface area contributed by atoms with Crippen molar-refractivity contribution >= 4 is 29.9 Å². The molecule has 7 heteroatoms. The lowest BCUT2D eigenvalue weighted by molar-refractivity contribution is 0.114. The number of nitrogens with zero attached hydrogens (tertiary/aromatic N) is 1. The zero-order valence-corrected chi connectivity index (χ0v) is 18.3. The Bertz CT molecular complexity index is 750. The Morgan fingerprint density at radius 3 is 2.68 bits per heavy atom. The van der Waals surface area contributed by atoms with Gasteiger partial charge in [-0.15, -0.1) is 24.0 Å². The number of halogens is 2. The Labute approximate surface area is 182 Å². The molecule has 1 aliphatic rings. The number of benzene rings is 2. The standard InChI is InChI=1S/C21H26FN3O2.HI/c1-23-21(25-14-20-6-3-11-26-20)24-13-16-7-9-19(10-8-16)27-15-17-4-2-5-18(22)12-17;/h2,4-5,7-10,12,20H,3,6,11,13-15H2,1H3,(H2,23,24,25);1H. The quantitative estimate of drug-likeness (QED) is 0.345. The highest BCUT2D eigenvalue weighted by molar-refractivity contribution is 14.0. The fraction of sp³-hybridized carbons (Fsp3) is 0.381. The molecule has 0 saturated carbocycles. The van der Waals surface area contributed by atoms with Gasteiger partial charge in [-0.3, -0.25) is 4.99 Å². The van der Waals surface area contributed by atoms with E-state index in [1.165, 1.54) is 12.1 Å². The van der Waals surface area contributed by atoms with Gasteiger partial charge in [0, 0.05) is 26.7 Å². The lowest BCUT2D eigenvalue weighted by atomic mass is 10.2. The summed E-state index contributed by atoms with van der Waals surface area (Å²) in [5, 5.41) is 6.59. The first-order valence-corrected chi connectivity index (χ1v) is 9.25. The zero-order chi connectivity index (χ0) is 18.9. The fourth-order valence-electron chi connectivity index (χ4n) is 2.92. The molecule has 1 aliphatic heterocycles. The monoisotopic (exact) mass is 499 g/mol. The van der Waals surface area contributed by atoms with E-state index in [9.17, 15) is 4.39 Å². The van der Waals surface area contributed by atoms with Crippen molar-refractivity contribution in [1.82, 2.24) is 10.6 Å². The van der Waals surface area contributed by atoms with Gasteiger partial charge in [0.05, 0.1) is 6.10 Å². The minimum Gasteiger partial charge on any atom is -0.489 e. The maximum atomic E-state index is 13.2. The predicted molar refractivity (Wildman–Crippen MR) is 120 cm³/mol. The lowest BCUT2D eigenvalue weighted by Gasteiger charge is -2.15. The molecule has 0 radical (unpaired) electrons. The second-order valence-electron chi connectivity index (χ2n) is 6.50. The van der Waals surface area contributed by atoms with Crippen molar-refractivity contribution in [2.45, 2.75) is 32.1 Å². The summed E-state index contributed by atoms with van der Waals surface area (Å²) in [7, 11) is 1.76. The average molecular weight is 499 g/mol. The summed E-state index contributed by atoms with van der Waals surface area (Å²) < 4.78 is 24.5. The summed E-state index contributed by atoms with van der Waals surface area (Å²) in [6, 6.07) is 14.3. The molecule has 3 rings (SSSR count). The van der Waals surface area contributed by atoms with Gasteiger partial charge >= 0.3 is 0 Å². The van der Waals surface area contributed by atoms with Crippen molar-refractivity contribution in [1.29, 1.82) is 0 Å².